The molecule has 2 heterocycles. The highest BCUT2D eigenvalue weighted by molar-refractivity contribution is 6.34. The van der Waals surface area contributed by atoms with Crippen LogP contribution in [0.3, 0.4) is 0 Å². The first kappa shape index (κ1) is 13.8. The number of carbonyl (C=O) groups excluding carboxylic acids is 1. The predicted molar refractivity (Wildman–Crippen MR) is 78.5 cm³/mol. The molecule has 0 unspecified atom stereocenters. The highest BCUT2D eigenvalue weighted by Crippen LogP contribution is 2.38. The molecule has 1 aromatic carbocycles. The number of ether oxygens (including phenoxy) is 2. The van der Waals surface area contributed by atoms with Gasteiger partial charge in [0.25, 0.3) is 5.91 Å². The lowest BCUT2D eigenvalue weighted by Gasteiger charge is -2.20. The fourth-order valence-electron chi connectivity index (χ4n) is 2.23. The Morgan fingerprint density at radius 3 is 2.57 bits per heavy atom. The van der Waals surface area contributed by atoms with Gasteiger partial charge in [0.1, 0.15) is 13.2 Å². The number of aromatic nitrogens is 2. The largest absolute Gasteiger partial charge is 0.486 e. The lowest BCUT2D eigenvalue weighted by molar-refractivity contribution is 0.102. The van der Waals surface area contributed by atoms with Gasteiger partial charge in [-0.15, -0.1) is 0 Å². The first-order chi connectivity index (χ1) is 10.1. The van der Waals surface area contributed by atoms with Gasteiger partial charge in [0.2, 0.25) is 0 Å². The molecule has 0 aliphatic carbocycles. The zero-order chi connectivity index (χ0) is 15.0. The van der Waals surface area contributed by atoms with Crippen molar-refractivity contribution >= 4 is 23.2 Å². The maximum absolute atomic E-state index is 12.3. The zero-order valence-corrected chi connectivity index (χ0v) is 12.4. The second kappa shape index (κ2) is 5.29. The van der Waals surface area contributed by atoms with Crippen LogP contribution in [0.25, 0.3) is 0 Å². The van der Waals surface area contributed by atoms with Crippen LogP contribution in [0.1, 0.15) is 21.7 Å². The van der Waals surface area contributed by atoms with Crippen molar-refractivity contribution in [1.82, 2.24) is 10.2 Å². The molecule has 1 aliphatic rings. The van der Waals surface area contributed by atoms with E-state index in [1.54, 1.807) is 26.0 Å². The van der Waals surface area contributed by atoms with Crippen LogP contribution in [0.5, 0.6) is 11.5 Å². The van der Waals surface area contributed by atoms with Gasteiger partial charge in [0.15, 0.2) is 11.5 Å². The Hall–Kier alpha value is -2.21. The summed E-state index contributed by atoms with van der Waals surface area (Å²) in [5.74, 6) is 0.888. The number of hydrogen-bond donors (Lipinski definition) is 2. The minimum Gasteiger partial charge on any atom is -0.486 e. The van der Waals surface area contributed by atoms with Crippen LogP contribution in [-0.4, -0.2) is 29.3 Å². The smallest absolute Gasteiger partial charge is 0.259 e. The van der Waals surface area contributed by atoms with Gasteiger partial charge in [0, 0.05) is 17.8 Å². The Morgan fingerprint density at radius 1 is 1.29 bits per heavy atom. The summed E-state index contributed by atoms with van der Waals surface area (Å²) in [6.07, 6.45) is 0. The summed E-state index contributed by atoms with van der Waals surface area (Å²) in [5, 5.41) is 9.96. The molecule has 0 saturated heterocycles. The molecule has 3 rings (SSSR count). The number of H-pyrrole nitrogens is 1. The topological polar surface area (TPSA) is 76.2 Å². The minimum absolute atomic E-state index is 0.266. The molecule has 0 bridgehead atoms. The van der Waals surface area contributed by atoms with E-state index in [0.717, 1.165) is 0 Å². The molecule has 1 aliphatic heterocycles. The number of nitrogens with zero attached hydrogens (tertiary/aromatic N) is 1. The maximum atomic E-state index is 12.3. The summed E-state index contributed by atoms with van der Waals surface area (Å²) in [6.45, 7) is 4.52. The Bertz CT molecular complexity index is 692. The number of hydrogen-bond acceptors (Lipinski definition) is 4. The SMILES string of the molecule is Cc1n[nH]c(C)c1C(=O)Nc1cc2c(cc1Cl)OCCO2. The number of amides is 1. The Kier molecular flexibility index (Phi) is 3.47. The third kappa shape index (κ3) is 2.54. The van der Waals surface area contributed by atoms with Crippen LogP contribution in [0.2, 0.25) is 5.02 Å². The van der Waals surface area contributed by atoms with E-state index in [1.807, 2.05) is 0 Å². The average molecular weight is 308 g/mol. The van der Waals surface area contributed by atoms with Crippen molar-refractivity contribution in [3.63, 3.8) is 0 Å². The van der Waals surface area contributed by atoms with Gasteiger partial charge in [0.05, 0.1) is 22.0 Å². The molecule has 0 saturated carbocycles. The zero-order valence-electron chi connectivity index (χ0n) is 11.6. The third-order valence-electron chi connectivity index (χ3n) is 3.24. The van der Waals surface area contributed by atoms with Crippen LogP contribution < -0.4 is 14.8 Å². The number of anilines is 1. The van der Waals surface area contributed by atoms with E-state index >= 15 is 0 Å². The van der Waals surface area contributed by atoms with E-state index < -0.39 is 0 Å². The van der Waals surface area contributed by atoms with E-state index in [-0.39, 0.29) is 5.91 Å². The molecule has 0 fully saturated rings. The van der Waals surface area contributed by atoms with Crippen molar-refractivity contribution in [2.75, 3.05) is 18.5 Å². The van der Waals surface area contributed by atoms with Gasteiger partial charge >= 0.3 is 0 Å². The number of aromatic amines is 1. The number of aryl methyl sites for hydroxylation is 2. The van der Waals surface area contributed by atoms with E-state index in [9.17, 15) is 4.79 Å². The van der Waals surface area contributed by atoms with Crippen molar-refractivity contribution < 1.29 is 14.3 Å². The number of nitrogens with one attached hydrogen (secondary N) is 2. The molecule has 1 amide bonds. The molecule has 1 aromatic heterocycles. The average Bonchev–Trinajstić information content (AvgIpc) is 2.79. The van der Waals surface area contributed by atoms with Gasteiger partial charge in [-0.1, -0.05) is 11.6 Å². The van der Waals surface area contributed by atoms with E-state index in [1.165, 1.54) is 0 Å². The molecule has 2 aromatic rings. The summed E-state index contributed by atoms with van der Waals surface area (Å²) >= 11 is 6.17. The number of carbonyl (C=O) groups is 1. The number of halogens is 1. The van der Waals surface area contributed by atoms with Crippen LogP contribution in [-0.2, 0) is 0 Å². The highest BCUT2D eigenvalue weighted by Gasteiger charge is 2.19. The predicted octanol–water partition coefficient (Wildman–Crippen LogP) is 2.70. The molecular formula is C14H14ClN3O3. The highest BCUT2D eigenvalue weighted by atomic mass is 35.5. The first-order valence-corrected chi connectivity index (χ1v) is 6.86. The Balaban J connectivity index is 1.90. The fraction of sp³-hybridized carbons (Fsp3) is 0.286. The van der Waals surface area contributed by atoms with Crippen molar-refractivity contribution in [2.45, 2.75) is 13.8 Å². The molecule has 0 atom stereocenters. The number of rotatable bonds is 2. The Morgan fingerprint density at radius 2 is 1.95 bits per heavy atom. The van der Waals surface area contributed by atoms with Crippen molar-refractivity contribution in [2.24, 2.45) is 0 Å². The van der Waals surface area contributed by atoms with Gasteiger partial charge < -0.3 is 14.8 Å². The van der Waals surface area contributed by atoms with Crippen LogP contribution in [0.15, 0.2) is 12.1 Å². The van der Waals surface area contributed by atoms with E-state index in [4.69, 9.17) is 21.1 Å². The molecular weight excluding hydrogens is 294 g/mol. The molecule has 0 spiro atoms. The summed E-state index contributed by atoms with van der Waals surface area (Å²) in [7, 11) is 0. The fourth-order valence-corrected chi connectivity index (χ4v) is 2.43. The van der Waals surface area contributed by atoms with Crippen molar-refractivity contribution in [1.29, 1.82) is 0 Å². The second-order valence-electron chi connectivity index (χ2n) is 4.74. The molecule has 2 N–H and O–H groups in total. The summed E-state index contributed by atoms with van der Waals surface area (Å²) < 4.78 is 10.9. The molecule has 21 heavy (non-hydrogen) atoms. The van der Waals surface area contributed by atoms with Crippen LogP contribution in [0.4, 0.5) is 5.69 Å². The lowest BCUT2D eigenvalue weighted by atomic mass is 10.1. The number of benzene rings is 1. The summed E-state index contributed by atoms with van der Waals surface area (Å²) in [6, 6.07) is 3.31. The first-order valence-electron chi connectivity index (χ1n) is 6.48. The van der Waals surface area contributed by atoms with Gasteiger partial charge in [-0.2, -0.15) is 5.10 Å². The van der Waals surface area contributed by atoms with Crippen molar-refractivity contribution in [3.05, 3.63) is 34.1 Å². The van der Waals surface area contributed by atoms with E-state index in [0.29, 0.717) is 52.4 Å². The van der Waals surface area contributed by atoms with E-state index in [2.05, 4.69) is 15.5 Å². The van der Waals surface area contributed by atoms with Gasteiger partial charge in [-0.05, 0) is 13.8 Å². The van der Waals surface area contributed by atoms with Crippen LogP contribution in [0, 0.1) is 13.8 Å². The van der Waals surface area contributed by atoms with Crippen molar-refractivity contribution in [3.8, 4) is 11.5 Å². The molecule has 0 radical (unpaired) electrons. The van der Waals surface area contributed by atoms with Gasteiger partial charge in [-0.25, -0.2) is 0 Å². The quantitative estimate of drug-likeness (QED) is 0.894. The number of fused-ring (bicyclic) bond motifs is 1. The normalized spacial score (nSPS) is 13.1. The van der Waals surface area contributed by atoms with Gasteiger partial charge in [-0.3, -0.25) is 9.89 Å². The molecule has 7 heteroatoms. The summed E-state index contributed by atoms with van der Waals surface area (Å²) in [4.78, 5) is 12.3. The third-order valence-corrected chi connectivity index (χ3v) is 3.55. The molecule has 6 nitrogen and oxygen atoms in total. The summed E-state index contributed by atoms with van der Waals surface area (Å²) in [5.41, 5.74) is 2.34. The second-order valence-corrected chi connectivity index (χ2v) is 5.15. The maximum Gasteiger partial charge on any atom is 0.259 e. The lowest BCUT2D eigenvalue weighted by Crippen LogP contribution is -2.17. The monoisotopic (exact) mass is 307 g/mol. The minimum atomic E-state index is -0.266. The Labute approximate surface area is 126 Å². The molecule has 110 valence electrons. The van der Waals surface area contributed by atoms with Crippen LogP contribution >= 0.6 is 11.6 Å². The standard InChI is InChI=1S/C14H14ClN3O3/c1-7-13(8(2)18-17-7)14(19)16-10-6-12-11(5-9(10)15)20-3-4-21-12/h5-6H,3-4H2,1-2H3,(H,16,19)(H,17,18).